The summed E-state index contributed by atoms with van der Waals surface area (Å²) in [5.74, 6) is -0.732. The first kappa shape index (κ1) is 24.2. The summed E-state index contributed by atoms with van der Waals surface area (Å²) < 4.78 is 12.1. The minimum Gasteiger partial charge on any atom is -0.463 e. The topological polar surface area (TPSA) is 106 Å². The normalized spacial score (nSPS) is 16.5. The lowest BCUT2D eigenvalue weighted by molar-refractivity contribution is -0.123. The van der Waals surface area contributed by atoms with Crippen molar-refractivity contribution in [3.05, 3.63) is 67.6 Å². The van der Waals surface area contributed by atoms with Crippen LogP contribution in [0.4, 0.5) is 4.79 Å². The second-order valence-electron chi connectivity index (χ2n) is 8.69. The number of rotatable bonds is 5. The Balaban J connectivity index is 1.43. The predicted molar refractivity (Wildman–Crippen MR) is 136 cm³/mol. The molecule has 10 heteroatoms. The number of fused-ring (bicyclic) bond motifs is 1. The van der Waals surface area contributed by atoms with Crippen LogP contribution in [-0.2, 0) is 28.9 Å². The highest BCUT2D eigenvalue weighted by atomic mass is 32.2. The van der Waals surface area contributed by atoms with Gasteiger partial charge in [-0.05, 0) is 86.7 Å². The second kappa shape index (κ2) is 9.48. The van der Waals surface area contributed by atoms with E-state index in [4.69, 9.17) is 4.42 Å². The molecule has 1 saturated heterocycles. The molecule has 0 saturated carbocycles. The van der Waals surface area contributed by atoms with Crippen molar-refractivity contribution >= 4 is 46.3 Å². The molecule has 0 bridgehead atoms. The number of nitrogens with zero attached hydrogens (tertiary/aromatic N) is 3. The van der Waals surface area contributed by atoms with E-state index < -0.39 is 17.1 Å². The lowest BCUT2D eigenvalue weighted by atomic mass is 9.96. The van der Waals surface area contributed by atoms with Crippen LogP contribution in [0.2, 0.25) is 0 Å². The van der Waals surface area contributed by atoms with Crippen molar-refractivity contribution in [3.8, 4) is 11.1 Å². The molecule has 3 aromatic rings. The van der Waals surface area contributed by atoms with E-state index in [0.29, 0.717) is 10.7 Å². The van der Waals surface area contributed by atoms with Gasteiger partial charge in [0.1, 0.15) is 16.8 Å². The SMILES string of the molecule is COC(=O)c1ccc(CN2C(=O)S/C(=C/c3cc(C)n(-c4sc5c(c4C#N)CCCC5)c3C)C2=O)o1. The summed E-state index contributed by atoms with van der Waals surface area (Å²) in [6.45, 7) is 3.86. The van der Waals surface area contributed by atoms with Crippen LogP contribution in [-0.4, -0.2) is 33.7 Å². The lowest BCUT2D eigenvalue weighted by Crippen LogP contribution is -2.27. The van der Waals surface area contributed by atoms with E-state index in [9.17, 15) is 19.6 Å². The van der Waals surface area contributed by atoms with Crippen LogP contribution >= 0.6 is 23.1 Å². The Morgan fingerprint density at radius 1 is 1.25 bits per heavy atom. The Bertz CT molecular complexity index is 1480. The molecule has 1 aliphatic heterocycles. The molecule has 4 heterocycles. The standard InChI is InChI=1S/C26H23N3O5S2/c1-14-10-16(15(2)29(14)24-19(12-27)18-6-4-5-7-21(18)35-24)11-22-23(30)28(26(32)36-22)13-17-8-9-20(34-17)25(31)33-3/h8-11H,4-7,13H2,1-3H3/b22-11+. The molecule has 184 valence electrons. The predicted octanol–water partition coefficient (Wildman–Crippen LogP) is 5.52. The number of esters is 1. The number of thioether (sulfide) groups is 1. The first-order chi connectivity index (χ1) is 17.3. The van der Waals surface area contributed by atoms with Crippen LogP contribution in [0.25, 0.3) is 11.1 Å². The number of methoxy groups -OCH3 is 1. The number of carbonyl (C=O) groups excluding carboxylic acids is 3. The molecular weight excluding hydrogens is 498 g/mol. The molecule has 1 aliphatic carbocycles. The molecule has 2 aliphatic rings. The van der Waals surface area contributed by atoms with Crippen molar-refractivity contribution in [2.24, 2.45) is 0 Å². The molecule has 36 heavy (non-hydrogen) atoms. The number of thiophene rings is 1. The number of hydrogen-bond acceptors (Lipinski definition) is 8. The summed E-state index contributed by atoms with van der Waals surface area (Å²) in [5.41, 5.74) is 4.60. The van der Waals surface area contributed by atoms with Crippen molar-refractivity contribution in [2.75, 3.05) is 7.11 Å². The largest absolute Gasteiger partial charge is 0.463 e. The van der Waals surface area contributed by atoms with Crippen molar-refractivity contribution in [2.45, 2.75) is 46.1 Å². The summed E-state index contributed by atoms with van der Waals surface area (Å²) >= 11 is 2.54. The molecular formula is C26H23N3O5S2. The van der Waals surface area contributed by atoms with Gasteiger partial charge in [-0.1, -0.05) is 0 Å². The molecule has 0 N–H and O–H groups in total. The minimum atomic E-state index is -0.628. The molecule has 1 fully saturated rings. The molecule has 0 atom stereocenters. The van der Waals surface area contributed by atoms with Crippen LogP contribution in [0.1, 0.15) is 62.1 Å². The molecule has 5 rings (SSSR count). The Kier molecular flexibility index (Phi) is 6.36. The van der Waals surface area contributed by atoms with Crippen molar-refractivity contribution in [1.29, 1.82) is 5.26 Å². The van der Waals surface area contributed by atoms with Gasteiger partial charge in [-0.25, -0.2) is 4.79 Å². The van der Waals surface area contributed by atoms with Gasteiger partial charge in [0.2, 0.25) is 5.76 Å². The summed E-state index contributed by atoms with van der Waals surface area (Å²) in [5, 5.41) is 10.4. The number of nitriles is 1. The van der Waals surface area contributed by atoms with E-state index in [1.54, 1.807) is 23.5 Å². The molecule has 0 aromatic carbocycles. The molecule has 2 amide bonds. The Hall–Kier alpha value is -3.55. The molecule has 8 nitrogen and oxygen atoms in total. The van der Waals surface area contributed by atoms with Gasteiger partial charge in [0, 0.05) is 16.3 Å². The van der Waals surface area contributed by atoms with Crippen molar-refractivity contribution in [3.63, 3.8) is 0 Å². The number of furan rings is 1. The van der Waals surface area contributed by atoms with Gasteiger partial charge < -0.3 is 13.7 Å². The van der Waals surface area contributed by atoms with Crippen LogP contribution in [0.5, 0.6) is 0 Å². The number of aromatic nitrogens is 1. The van der Waals surface area contributed by atoms with Gasteiger partial charge in [0.15, 0.2) is 0 Å². The fourth-order valence-corrected chi connectivity index (χ4v) is 6.96. The van der Waals surface area contributed by atoms with Crippen molar-refractivity contribution in [1.82, 2.24) is 9.47 Å². The van der Waals surface area contributed by atoms with E-state index in [1.807, 2.05) is 19.9 Å². The smallest absolute Gasteiger partial charge is 0.373 e. The Labute approximate surface area is 216 Å². The lowest BCUT2D eigenvalue weighted by Gasteiger charge is -2.10. The zero-order valence-corrected chi connectivity index (χ0v) is 21.7. The summed E-state index contributed by atoms with van der Waals surface area (Å²) in [6.07, 6.45) is 5.91. The summed E-state index contributed by atoms with van der Waals surface area (Å²) in [4.78, 5) is 40.0. The Morgan fingerprint density at radius 2 is 2.03 bits per heavy atom. The average Bonchev–Trinajstić information content (AvgIpc) is 3.61. The number of amides is 2. The number of ether oxygens (including phenoxy) is 1. The van der Waals surface area contributed by atoms with Gasteiger partial charge in [0.25, 0.3) is 11.1 Å². The van der Waals surface area contributed by atoms with Gasteiger partial charge >= 0.3 is 5.97 Å². The zero-order valence-electron chi connectivity index (χ0n) is 20.0. The average molecular weight is 522 g/mol. The first-order valence-electron chi connectivity index (χ1n) is 11.5. The van der Waals surface area contributed by atoms with Gasteiger partial charge in [-0.2, -0.15) is 5.26 Å². The first-order valence-corrected chi connectivity index (χ1v) is 13.1. The van der Waals surface area contributed by atoms with E-state index in [-0.39, 0.29) is 12.3 Å². The minimum absolute atomic E-state index is 0.00875. The third-order valence-electron chi connectivity index (χ3n) is 6.46. The number of hydrogen-bond donors (Lipinski definition) is 0. The number of aryl methyl sites for hydroxylation is 2. The molecule has 3 aromatic heterocycles. The molecule has 0 unspecified atom stereocenters. The quantitative estimate of drug-likeness (QED) is 0.321. The van der Waals surface area contributed by atoms with E-state index in [2.05, 4.69) is 15.4 Å². The third-order valence-corrected chi connectivity index (χ3v) is 8.64. The number of imide groups is 1. The number of carbonyl (C=O) groups is 3. The maximum Gasteiger partial charge on any atom is 0.373 e. The maximum atomic E-state index is 13.1. The van der Waals surface area contributed by atoms with Crippen LogP contribution in [0, 0.1) is 25.2 Å². The fraction of sp³-hybridized carbons (Fsp3) is 0.308. The summed E-state index contributed by atoms with van der Waals surface area (Å²) in [7, 11) is 1.25. The highest BCUT2D eigenvalue weighted by Gasteiger charge is 2.36. The van der Waals surface area contributed by atoms with Crippen LogP contribution < -0.4 is 0 Å². The highest BCUT2D eigenvalue weighted by Crippen LogP contribution is 2.39. The highest BCUT2D eigenvalue weighted by molar-refractivity contribution is 8.18. The van der Waals surface area contributed by atoms with Crippen LogP contribution in [0.3, 0.4) is 0 Å². The second-order valence-corrected chi connectivity index (χ2v) is 10.8. The van der Waals surface area contributed by atoms with E-state index in [1.165, 1.54) is 23.6 Å². The Morgan fingerprint density at radius 3 is 2.78 bits per heavy atom. The fourth-order valence-electron chi connectivity index (χ4n) is 4.68. The monoisotopic (exact) mass is 521 g/mol. The van der Waals surface area contributed by atoms with Gasteiger partial charge in [0.05, 0.1) is 24.1 Å². The zero-order chi connectivity index (χ0) is 25.6. The van der Waals surface area contributed by atoms with E-state index >= 15 is 0 Å². The van der Waals surface area contributed by atoms with E-state index in [0.717, 1.165) is 69.9 Å². The van der Waals surface area contributed by atoms with Crippen LogP contribution in [0.15, 0.2) is 27.5 Å². The molecule has 0 radical (unpaired) electrons. The van der Waals surface area contributed by atoms with Gasteiger partial charge in [-0.3, -0.25) is 14.5 Å². The third kappa shape index (κ3) is 4.08. The van der Waals surface area contributed by atoms with Gasteiger partial charge in [-0.15, -0.1) is 11.3 Å². The maximum absolute atomic E-state index is 13.1. The molecule has 0 spiro atoms. The van der Waals surface area contributed by atoms with Crippen molar-refractivity contribution < 1.29 is 23.5 Å². The summed E-state index contributed by atoms with van der Waals surface area (Å²) in [6, 6.07) is 7.38.